The van der Waals surface area contributed by atoms with Crippen LogP contribution in [0.15, 0.2) is 36.8 Å². The quantitative estimate of drug-likeness (QED) is 0.611. The number of halogens is 2. The van der Waals surface area contributed by atoms with E-state index in [1.165, 1.54) is 6.20 Å². The van der Waals surface area contributed by atoms with Crippen molar-refractivity contribution in [2.24, 2.45) is 0 Å². The largest absolute Gasteiger partial charge is 0.484 e. The Balaban J connectivity index is 1.29. The van der Waals surface area contributed by atoms with Crippen LogP contribution in [0.1, 0.15) is 15.9 Å². The van der Waals surface area contributed by atoms with Crippen LogP contribution in [0, 0.1) is 0 Å². The lowest BCUT2D eigenvalue weighted by atomic mass is 9.89. The van der Waals surface area contributed by atoms with E-state index in [1.807, 2.05) is 12.1 Å². The molecule has 178 valence electrons. The first-order valence-corrected chi connectivity index (χ1v) is 11.3. The number of nitrogens with zero attached hydrogens (tertiary/aromatic N) is 5. The third-order valence-corrected chi connectivity index (χ3v) is 6.56. The Labute approximate surface area is 194 Å². The zero-order valence-corrected chi connectivity index (χ0v) is 18.4. The predicted molar refractivity (Wildman–Crippen MR) is 120 cm³/mol. The van der Waals surface area contributed by atoms with Crippen molar-refractivity contribution in [1.82, 2.24) is 19.5 Å². The molecule has 2 aromatic heterocycles. The number of hydrogen-bond acceptors (Lipinski definition) is 7. The van der Waals surface area contributed by atoms with Gasteiger partial charge in [0.2, 0.25) is 0 Å². The second kappa shape index (κ2) is 8.17. The molecule has 1 amide bonds. The summed E-state index contributed by atoms with van der Waals surface area (Å²) in [7, 11) is 0. The molecule has 0 atom stereocenters. The van der Waals surface area contributed by atoms with Crippen molar-refractivity contribution in [1.29, 1.82) is 0 Å². The van der Waals surface area contributed by atoms with Gasteiger partial charge in [-0.25, -0.2) is 18.3 Å². The van der Waals surface area contributed by atoms with Gasteiger partial charge in [-0.3, -0.25) is 9.69 Å². The van der Waals surface area contributed by atoms with Gasteiger partial charge in [0.1, 0.15) is 16.9 Å². The number of anilines is 2. The molecule has 3 aliphatic heterocycles. The fraction of sp³-hybridized carbons (Fsp3) is 0.435. The lowest BCUT2D eigenvalue weighted by Crippen LogP contribution is -2.65. The van der Waals surface area contributed by atoms with Crippen LogP contribution >= 0.6 is 0 Å². The molecule has 2 fully saturated rings. The van der Waals surface area contributed by atoms with E-state index in [9.17, 15) is 13.6 Å². The minimum Gasteiger partial charge on any atom is -0.484 e. The number of morpholine rings is 1. The molecule has 9 nitrogen and oxygen atoms in total. The summed E-state index contributed by atoms with van der Waals surface area (Å²) in [5, 5.41) is 7.26. The molecule has 1 aromatic carbocycles. The van der Waals surface area contributed by atoms with E-state index in [0.717, 1.165) is 17.0 Å². The summed E-state index contributed by atoms with van der Waals surface area (Å²) in [6.45, 7) is 3.25. The SMILES string of the molecule is O=C(Nc1cc2c(cc1N1CCOCC1)OC1(C2)CN(CC(F)F)C1)c1cnn2cccnc12. The molecule has 5 heterocycles. The maximum absolute atomic E-state index is 13.2. The average Bonchev–Trinajstić information content (AvgIpc) is 3.40. The van der Waals surface area contributed by atoms with E-state index in [4.69, 9.17) is 9.47 Å². The summed E-state index contributed by atoms with van der Waals surface area (Å²) in [5.41, 5.74) is 2.86. The van der Waals surface area contributed by atoms with Gasteiger partial charge < -0.3 is 19.7 Å². The predicted octanol–water partition coefficient (Wildman–Crippen LogP) is 2.07. The lowest BCUT2D eigenvalue weighted by Gasteiger charge is -2.46. The van der Waals surface area contributed by atoms with E-state index in [1.54, 1.807) is 27.9 Å². The monoisotopic (exact) mass is 470 g/mol. The molecule has 3 aromatic rings. The van der Waals surface area contributed by atoms with Crippen LogP contribution in [0.4, 0.5) is 20.2 Å². The number of rotatable bonds is 5. The zero-order valence-electron chi connectivity index (χ0n) is 18.4. The molecule has 1 N–H and O–H groups in total. The smallest absolute Gasteiger partial charge is 0.261 e. The van der Waals surface area contributed by atoms with Crippen molar-refractivity contribution in [2.75, 3.05) is 56.2 Å². The summed E-state index contributed by atoms with van der Waals surface area (Å²) < 4.78 is 38.8. The van der Waals surface area contributed by atoms with Crippen LogP contribution in [0.2, 0.25) is 0 Å². The van der Waals surface area contributed by atoms with E-state index in [-0.39, 0.29) is 12.5 Å². The van der Waals surface area contributed by atoms with Crippen LogP contribution in [0.5, 0.6) is 5.75 Å². The Hall–Kier alpha value is -3.31. The number of aromatic nitrogens is 3. The van der Waals surface area contributed by atoms with Gasteiger partial charge in [0.05, 0.1) is 37.3 Å². The fourth-order valence-electron chi connectivity index (χ4n) is 5.08. The highest BCUT2D eigenvalue weighted by Gasteiger charge is 2.50. The van der Waals surface area contributed by atoms with E-state index < -0.39 is 12.0 Å². The summed E-state index contributed by atoms with van der Waals surface area (Å²) in [6.07, 6.45) is 3.12. The van der Waals surface area contributed by atoms with Gasteiger partial charge in [-0.1, -0.05) is 0 Å². The summed E-state index contributed by atoms with van der Waals surface area (Å²) in [6, 6.07) is 5.65. The van der Waals surface area contributed by atoms with Gasteiger partial charge in [0, 0.05) is 56.6 Å². The molecular weight excluding hydrogens is 446 g/mol. The number of likely N-dealkylation sites (tertiary alicyclic amines) is 1. The minimum absolute atomic E-state index is 0.241. The summed E-state index contributed by atoms with van der Waals surface area (Å²) >= 11 is 0. The molecule has 0 saturated carbocycles. The molecular formula is C23H24F2N6O3. The number of carbonyl (C=O) groups is 1. The number of ether oxygens (including phenoxy) is 2. The van der Waals surface area contributed by atoms with Crippen LogP contribution in [0.3, 0.4) is 0 Å². The van der Waals surface area contributed by atoms with Crippen molar-refractivity contribution in [3.63, 3.8) is 0 Å². The molecule has 0 unspecified atom stereocenters. The van der Waals surface area contributed by atoms with Crippen LogP contribution in [-0.4, -0.2) is 83.4 Å². The highest BCUT2D eigenvalue weighted by Crippen LogP contribution is 2.45. The standard InChI is InChI=1S/C23H24F2N6O3/c24-20(25)12-29-13-23(14-29)10-15-8-17(18(9-19(15)34-23)30-4-6-33-7-5-30)28-22(32)16-11-27-31-3-1-2-26-21(16)31/h1-3,8-9,11,20H,4-7,10,12-14H2,(H,28,32). The molecule has 2 saturated heterocycles. The number of hydrogen-bond donors (Lipinski definition) is 1. The average molecular weight is 470 g/mol. The third kappa shape index (κ3) is 3.74. The normalized spacial score (nSPS) is 19.3. The van der Waals surface area contributed by atoms with Crippen molar-refractivity contribution in [3.8, 4) is 5.75 Å². The van der Waals surface area contributed by atoms with Gasteiger partial charge in [0.25, 0.3) is 12.3 Å². The maximum atomic E-state index is 13.2. The number of amides is 1. The van der Waals surface area contributed by atoms with Crippen molar-refractivity contribution < 1.29 is 23.0 Å². The van der Waals surface area contributed by atoms with E-state index >= 15 is 0 Å². The molecule has 3 aliphatic rings. The molecule has 1 spiro atoms. The third-order valence-electron chi connectivity index (χ3n) is 6.56. The van der Waals surface area contributed by atoms with Crippen molar-refractivity contribution >= 4 is 22.9 Å². The van der Waals surface area contributed by atoms with Crippen molar-refractivity contribution in [2.45, 2.75) is 18.4 Å². The summed E-state index contributed by atoms with van der Waals surface area (Å²) in [5.74, 6) is 0.442. The second-order valence-corrected chi connectivity index (χ2v) is 9.00. The van der Waals surface area contributed by atoms with Gasteiger partial charge in [-0.2, -0.15) is 5.10 Å². The molecule has 34 heavy (non-hydrogen) atoms. The Morgan fingerprint density at radius 2 is 2.06 bits per heavy atom. The Morgan fingerprint density at radius 1 is 1.24 bits per heavy atom. The minimum atomic E-state index is -2.36. The van der Waals surface area contributed by atoms with E-state index in [0.29, 0.717) is 62.7 Å². The Kier molecular flexibility index (Phi) is 5.10. The molecule has 11 heteroatoms. The number of nitrogens with one attached hydrogen (secondary N) is 1. The highest BCUT2D eigenvalue weighted by atomic mass is 19.3. The van der Waals surface area contributed by atoms with Gasteiger partial charge >= 0.3 is 0 Å². The Morgan fingerprint density at radius 3 is 2.85 bits per heavy atom. The number of carbonyl (C=O) groups excluding carboxylic acids is 1. The molecule has 0 aliphatic carbocycles. The maximum Gasteiger partial charge on any atom is 0.261 e. The number of alkyl halides is 2. The molecule has 0 radical (unpaired) electrons. The van der Waals surface area contributed by atoms with Gasteiger partial charge in [-0.05, 0) is 12.1 Å². The zero-order chi connectivity index (χ0) is 23.3. The van der Waals surface area contributed by atoms with Crippen LogP contribution in [0.25, 0.3) is 5.65 Å². The number of fused-ring (bicyclic) bond motifs is 2. The lowest BCUT2D eigenvalue weighted by molar-refractivity contribution is -0.0811. The fourth-order valence-corrected chi connectivity index (χ4v) is 5.08. The first-order valence-electron chi connectivity index (χ1n) is 11.3. The van der Waals surface area contributed by atoms with Gasteiger partial charge in [-0.15, -0.1) is 0 Å². The molecule has 0 bridgehead atoms. The second-order valence-electron chi connectivity index (χ2n) is 9.00. The van der Waals surface area contributed by atoms with Crippen LogP contribution < -0.4 is 15.0 Å². The topological polar surface area (TPSA) is 84.2 Å². The highest BCUT2D eigenvalue weighted by molar-refractivity contribution is 6.09. The first-order chi connectivity index (χ1) is 16.5. The van der Waals surface area contributed by atoms with Crippen molar-refractivity contribution in [3.05, 3.63) is 47.9 Å². The first kappa shape index (κ1) is 21.2. The number of benzene rings is 1. The van der Waals surface area contributed by atoms with Gasteiger partial charge in [0.15, 0.2) is 5.65 Å². The van der Waals surface area contributed by atoms with E-state index in [2.05, 4.69) is 20.3 Å². The summed E-state index contributed by atoms with van der Waals surface area (Å²) in [4.78, 5) is 21.3. The molecule has 6 rings (SSSR count). The van der Waals surface area contributed by atoms with Crippen LogP contribution in [-0.2, 0) is 11.2 Å². The Bertz CT molecular complexity index is 1240.